The Balaban J connectivity index is 3.12. The smallest absolute Gasteiger partial charge is 0.223 e. The summed E-state index contributed by atoms with van der Waals surface area (Å²) in [6.07, 6.45) is 12.4. The van der Waals surface area contributed by atoms with Crippen molar-refractivity contribution >= 4 is 5.91 Å². The Hall–Kier alpha value is -0.870. The Morgan fingerprint density at radius 3 is 2.35 bits per heavy atom. The van der Waals surface area contributed by atoms with Gasteiger partial charge >= 0.3 is 0 Å². The molecule has 0 aliphatic carbocycles. The van der Waals surface area contributed by atoms with E-state index in [0.29, 0.717) is 19.6 Å². The second kappa shape index (κ2) is 16.2. The van der Waals surface area contributed by atoms with E-state index in [-0.39, 0.29) is 5.91 Å². The highest BCUT2D eigenvalue weighted by atomic mass is 16.2. The van der Waals surface area contributed by atoms with Gasteiger partial charge in [0.05, 0.1) is 0 Å². The van der Waals surface area contributed by atoms with E-state index in [1.165, 1.54) is 25.7 Å². The molecule has 0 aliphatic heterocycles. The maximum absolute atomic E-state index is 11.4. The maximum atomic E-state index is 11.4. The molecular formula is C16H32N2O2. The van der Waals surface area contributed by atoms with Crippen LogP contribution < -0.4 is 10.6 Å². The van der Waals surface area contributed by atoms with E-state index in [1.807, 2.05) is 12.2 Å². The number of hydrogen-bond acceptors (Lipinski definition) is 3. The number of nitrogens with one attached hydrogen (secondary N) is 2. The number of hydrogen-bond donors (Lipinski definition) is 3. The average Bonchev–Trinajstić information content (AvgIpc) is 2.45. The van der Waals surface area contributed by atoms with E-state index in [0.717, 1.165) is 32.4 Å². The van der Waals surface area contributed by atoms with Crippen molar-refractivity contribution in [1.29, 1.82) is 0 Å². The minimum absolute atomic E-state index is 0.0976. The molecule has 0 rings (SSSR count). The van der Waals surface area contributed by atoms with Crippen molar-refractivity contribution in [2.24, 2.45) is 0 Å². The monoisotopic (exact) mass is 284 g/mol. The zero-order valence-electron chi connectivity index (χ0n) is 13.0. The molecule has 0 aromatic rings. The van der Waals surface area contributed by atoms with Crippen molar-refractivity contribution in [2.75, 3.05) is 26.2 Å². The molecule has 20 heavy (non-hydrogen) atoms. The summed E-state index contributed by atoms with van der Waals surface area (Å²) in [5, 5.41) is 14.9. The van der Waals surface area contributed by atoms with E-state index in [2.05, 4.69) is 17.6 Å². The highest BCUT2D eigenvalue weighted by Crippen LogP contribution is 2.04. The summed E-state index contributed by atoms with van der Waals surface area (Å²) in [6.45, 7) is 4.95. The van der Waals surface area contributed by atoms with Crippen LogP contribution in [0.5, 0.6) is 0 Å². The molecule has 118 valence electrons. The summed E-state index contributed by atoms with van der Waals surface area (Å²) in [7, 11) is 0. The Morgan fingerprint density at radius 2 is 1.65 bits per heavy atom. The summed E-state index contributed by atoms with van der Waals surface area (Å²) >= 11 is 0. The van der Waals surface area contributed by atoms with Crippen LogP contribution in [0.4, 0.5) is 0 Å². The number of unbranched alkanes of at least 4 members (excludes halogenated alkanes) is 5. The number of rotatable bonds is 14. The third-order valence-electron chi connectivity index (χ3n) is 3.09. The topological polar surface area (TPSA) is 61.4 Å². The van der Waals surface area contributed by atoms with Gasteiger partial charge in [-0.3, -0.25) is 4.79 Å². The number of carbonyl (C=O) groups is 1. The van der Waals surface area contributed by atoms with Gasteiger partial charge in [-0.2, -0.15) is 0 Å². The van der Waals surface area contributed by atoms with Crippen LogP contribution in [0.1, 0.15) is 58.3 Å². The predicted molar refractivity (Wildman–Crippen MR) is 84.7 cm³/mol. The van der Waals surface area contributed by atoms with Crippen molar-refractivity contribution < 1.29 is 9.90 Å². The molecular weight excluding hydrogens is 252 g/mol. The van der Waals surface area contributed by atoms with Crippen molar-refractivity contribution in [3.8, 4) is 0 Å². The molecule has 3 N–H and O–H groups in total. The van der Waals surface area contributed by atoms with E-state index in [4.69, 9.17) is 5.11 Å². The van der Waals surface area contributed by atoms with Crippen LogP contribution in [0.25, 0.3) is 0 Å². The number of amides is 1. The normalized spacial score (nSPS) is 11.1. The lowest BCUT2D eigenvalue weighted by Gasteiger charge is -2.06. The molecule has 1 amide bonds. The fourth-order valence-corrected chi connectivity index (χ4v) is 1.91. The third kappa shape index (κ3) is 15.2. The molecule has 0 saturated heterocycles. The standard InChI is InChI=1S/C16H32N2O2/c1-2-3-8-11-16(20)18-14-13-17-12-9-6-4-5-7-10-15-19/h3,8,17,19H,2,4-7,9-15H2,1H3,(H,18,20)/b8-3+. The lowest BCUT2D eigenvalue weighted by molar-refractivity contribution is -0.120. The van der Waals surface area contributed by atoms with Gasteiger partial charge in [-0.15, -0.1) is 0 Å². The molecule has 0 fully saturated rings. The molecule has 0 aromatic carbocycles. The zero-order valence-corrected chi connectivity index (χ0v) is 13.0. The van der Waals surface area contributed by atoms with Crippen LogP contribution in [0, 0.1) is 0 Å². The molecule has 4 heteroatoms. The van der Waals surface area contributed by atoms with Gasteiger partial charge in [0.15, 0.2) is 0 Å². The second-order valence-corrected chi connectivity index (χ2v) is 5.03. The Kier molecular flexibility index (Phi) is 15.5. The molecule has 0 unspecified atom stereocenters. The first-order valence-electron chi connectivity index (χ1n) is 8.04. The van der Waals surface area contributed by atoms with Crippen LogP contribution in [0.3, 0.4) is 0 Å². The molecule has 0 spiro atoms. The van der Waals surface area contributed by atoms with Crippen molar-refractivity contribution in [1.82, 2.24) is 10.6 Å². The Morgan fingerprint density at radius 1 is 0.950 bits per heavy atom. The minimum Gasteiger partial charge on any atom is -0.396 e. The number of carbonyl (C=O) groups excluding carboxylic acids is 1. The van der Waals surface area contributed by atoms with E-state index >= 15 is 0 Å². The third-order valence-corrected chi connectivity index (χ3v) is 3.09. The van der Waals surface area contributed by atoms with Gasteiger partial charge in [-0.1, -0.05) is 44.8 Å². The molecule has 0 heterocycles. The second-order valence-electron chi connectivity index (χ2n) is 5.03. The van der Waals surface area contributed by atoms with Crippen LogP contribution >= 0.6 is 0 Å². The summed E-state index contributed by atoms with van der Waals surface area (Å²) < 4.78 is 0. The highest BCUT2D eigenvalue weighted by Gasteiger charge is 1.96. The van der Waals surface area contributed by atoms with Crippen molar-refractivity contribution in [3.63, 3.8) is 0 Å². The lowest BCUT2D eigenvalue weighted by Crippen LogP contribution is -2.31. The van der Waals surface area contributed by atoms with Gasteiger partial charge in [0.1, 0.15) is 0 Å². The van der Waals surface area contributed by atoms with Crippen LogP contribution in [0.2, 0.25) is 0 Å². The van der Waals surface area contributed by atoms with Gasteiger partial charge in [-0.25, -0.2) is 0 Å². The largest absolute Gasteiger partial charge is 0.396 e. The molecule has 0 atom stereocenters. The van der Waals surface area contributed by atoms with Crippen LogP contribution in [-0.4, -0.2) is 37.3 Å². The summed E-state index contributed by atoms with van der Waals surface area (Å²) in [5.41, 5.74) is 0. The highest BCUT2D eigenvalue weighted by molar-refractivity contribution is 5.77. The Labute approximate surface area is 124 Å². The van der Waals surface area contributed by atoms with Gasteiger partial charge in [0.25, 0.3) is 0 Å². The fourth-order valence-electron chi connectivity index (χ4n) is 1.91. The maximum Gasteiger partial charge on any atom is 0.223 e. The van der Waals surface area contributed by atoms with E-state index < -0.39 is 0 Å². The number of allylic oxidation sites excluding steroid dienone is 1. The van der Waals surface area contributed by atoms with Crippen LogP contribution in [0.15, 0.2) is 12.2 Å². The van der Waals surface area contributed by atoms with Gasteiger partial charge < -0.3 is 15.7 Å². The first kappa shape index (κ1) is 19.1. The van der Waals surface area contributed by atoms with Gasteiger partial charge in [0.2, 0.25) is 5.91 Å². The van der Waals surface area contributed by atoms with Crippen LogP contribution in [-0.2, 0) is 4.79 Å². The van der Waals surface area contributed by atoms with Gasteiger partial charge in [0, 0.05) is 26.1 Å². The SMILES string of the molecule is CC/C=C/CC(=O)NCCNCCCCCCCCO. The summed E-state index contributed by atoms with van der Waals surface area (Å²) in [6, 6.07) is 0. The average molecular weight is 284 g/mol. The van der Waals surface area contributed by atoms with E-state index in [9.17, 15) is 4.79 Å². The van der Waals surface area contributed by atoms with Crippen molar-refractivity contribution in [2.45, 2.75) is 58.3 Å². The molecule has 0 radical (unpaired) electrons. The summed E-state index contributed by atoms with van der Waals surface area (Å²) in [5.74, 6) is 0.0976. The minimum atomic E-state index is 0.0976. The fraction of sp³-hybridized carbons (Fsp3) is 0.812. The van der Waals surface area contributed by atoms with Gasteiger partial charge in [-0.05, 0) is 25.8 Å². The molecule has 0 aromatic heterocycles. The number of aliphatic hydroxyl groups is 1. The quantitative estimate of drug-likeness (QED) is 0.339. The number of aliphatic hydroxyl groups excluding tert-OH is 1. The zero-order chi connectivity index (χ0) is 14.9. The lowest BCUT2D eigenvalue weighted by atomic mass is 10.1. The molecule has 0 saturated carbocycles. The van der Waals surface area contributed by atoms with E-state index in [1.54, 1.807) is 0 Å². The molecule has 0 bridgehead atoms. The predicted octanol–water partition coefficient (Wildman–Crippen LogP) is 2.38. The summed E-state index contributed by atoms with van der Waals surface area (Å²) in [4.78, 5) is 11.4. The Bertz CT molecular complexity index is 243. The first-order valence-corrected chi connectivity index (χ1v) is 8.04. The molecule has 0 aliphatic rings. The van der Waals surface area contributed by atoms with Crippen molar-refractivity contribution in [3.05, 3.63) is 12.2 Å². The first-order chi connectivity index (χ1) is 9.81. The molecule has 4 nitrogen and oxygen atoms in total.